The number of rotatable bonds is 2. The summed E-state index contributed by atoms with van der Waals surface area (Å²) in [4.78, 5) is 24.4. The molecule has 102 valence electrons. The number of aromatic hydroxyl groups is 1. The van der Waals surface area contributed by atoms with Crippen molar-refractivity contribution in [2.24, 2.45) is 0 Å². The summed E-state index contributed by atoms with van der Waals surface area (Å²) in [6.45, 7) is 0.217. The molecule has 0 bridgehead atoms. The van der Waals surface area contributed by atoms with Crippen LogP contribution in [0.15, 0.2) is 18.2 Å². The summed E-state index contributed by atoms with van der Waals surface area (Å²) in [6.07, 6.45) is 0. The quantitative estimate of drug-likeness (QED) is 0.853. The smallest absolute Gasteiger partial charge is 0.327 e. The molecule has 1 heterocycles. The minimum atomic E-state index is -1.13. The van der Waals surface area contributed by atoms with Gasteiger partial charge in [0, 0.05) is 18.1 Å². The number of carboxylic acid groups (broad SMARTS) is 1. The molecule has 2 rings (SSSR count). The van der Waals surface area contributed by atoms with Crippen molar-refractivity contribution >= 4 is 23.6 Å². The van der Waals surface area contributed by atoms with Crippen LogP contribution in [0.25, 0.3) is 0 Å². The van der Waals surface area contributed by atoms with Crippen LogP contribution in [-0.2, 0) is 4.79 Å². The van der Waals surface area contributed by atoms with Crippen molar-refractivity contribution in [2.45, 2.75) is 6.04 Å². The van der Waals surface area contributed by atoms with E-state index in [9.17, 15) is 19.1 Å². The second-order valence-corrected chi connectivity index (χ2v) is 5.21. The molecule has 1 aromatic rings. The van der Waals surface area contributed by atoms with Crippen molar-refractivity contribution in [2.75, 3.05) is 18.1 Å². The van der Waals surface area contributed by atoms with Gasteiger partial charge in [-0.05, 0) is 12.1 Å². The number of carbonyl (C=O) groups is 2. The van der Waals surface area contributed by atoms with Crippen molar-refractivity contribution in [1.29, 1.82) is 0 Å². The van der Waals surface area contributed by atoms with Gasteiger partial charge in [-0.15, -0.1) is 0 Å². The zero-order valence-corrected chi connectivity index (χ0v) is 10.7. The van der Waals surface area contributed by atoms with Gasteiger partial charge in [0.05, 0.1) is 0 Å². The molecule has 1 aliphatic heterocycles. The average molecular weight is 285 g/mol. The summed E-state index contributed by atoms with van der Waals surface area (Å²) < 4.78 is 13.6. The van der Waals surface area contributed by atoms with Crippen molar-refractivity contribution in [1.82, 2.24) is 4.90 Å². The third kappa shape index (κ3) is 2.65. The van der Waals surface area contributed by atoms with E-state index in [1.54, 1.807) is 0 Å². The topological polar surface area (TPSA) is 77.8 Å². The van der Waals surface area contributed by atoms with Gasteiger partial charge in [-0.3, -0.25) is 4.79 Å². The molecule has 0 aromatic heterocycles. The Labute approximate surface area is 113 Å². The lowest BCUT2D eigenvalue weighted by molar-refractivity contribution is -0.141. The standard InChI is InChI=1S/C12H12FNO4S/c13-7-2-1-3-9(15)10(7)11(16)14-4-5-19-6-8(14)12(17)18/h1-3,8,15H,4-6H2,(H,17,18). The Morgan fingerprint density at radius 3 is 2.79 bits per heavy atom. The van der Waals surface area contributed by atoms with E-state index in [1.165, 1.54) is 23.9 Å². The highest BCUT2D eigenvalue weighted by atomic mass is 32.2. The lowest BCUT2D eigenvalue weighted by Gasteiger charge is -2.32. The summed E-state index contributed by atoms with van der Waals surface area (Å²) in [5.41, 5.74) is -0.472. The normalized spacial score (nSPS) is 19.2. The minimum Gasteiger partial charge on any atom is -0.507 e. The Morgan fingerprint density at radius 2 is 2.16 bits per heavy atom. The van der Waals surface area contributed by atoms with Crippen LogP contribution in [-0.4, -0.2) is 51.1 Å². The van der Waals surface area contributed by atoms with Crippen LogP contribution in [0.5, 0.6) is 5.75 Å². The third-order valence-corrected chi connectivity index (χ3v) is 3.90. The van der Waals surface area contributed by atoms with Gasteiger partial charge in [0.2, 0.25) is 0 Å². The fraction of sp³-hybridized carbons (Fsp3) is 0.333. The van der Waals surface area contributed by atoms with Crippen LogP contribution in [0.4, 0.5) is 4.39 Å². The number of phenols is 1. The minimum absolute atomic E-state index is 0.217. The number of phenolic OH excluding ortho intramolecular Hbond substituents is 1. The largest absolute Gasteiger partial charge is 0.507 e. The van der Waals surface area contributed by atoms with Gasteiger partial charge in [0.1, 0.15) is 23.2 Å². The molecule has 0 spiro atoms. The molecule has 0 saturated carbocycles. The summed E-state index contributed by atoms with van der Waals surface area (Å²) in [5.74, 6) is -2.40. The van der Waals surface area contributed by atoms with Crippen LogP contribution in [0.2, 0.25) is 0 Å². The molecule has 2 N–H and O–H groups in total. The number of halogens is 1. The Morgan fingerprint density at radius 1 is 1.42 bits per heavy atom. The van der Waals surface area contributed by atoms with E-state index in [0.717, 1.165) is 11.0 Å². The Balaban J connectivity index is 2.34. The molecule has 19 heavy (non-hydrogen) atoms. The van der Waals surface area contributed by atoms with Gasteiger partial charge in [-0.1, -0.05) is 6.07 Å². The number of thioether (sulfide) groups is 1. The second-order valence-electron chi connectivity index (χ2n) is 4.06. The number of hydrogen-bond donors (Lipinski definition) is 2. The SMILES string of the molecule is O=C(O)C1CSCCN1C(=O)c1c(O)cccc1F. The first-order chi connectivity index (χ1) is 9.02. The number of benzene rings is 1. The fourth-order valence-electron chi connectivity index (χ4n) is 1.92. The van der Waals surface area contributed by atoms with Crippen LogP contribution in [0, 0.1) is 5.82 Å². The maximum Gasteiger partial charge on any atom is 0.327 e. The predicted molar refractivity (Wildman–Crippen MR) is 67.9 cm³/mol. The fourth-order valence-corrected chi connectivity index (χ4v) is 2.96. The number of hydrogen-bond acceptors (Lipinski definition) is 4. The highest BCUT2D eigenvalue weighted by Crippen LogP contribution is 2.25. The number of aliphatic carboxylic acids is 1. The highest BCUT2D eigenvalue weighted by Gasteiger charge is 2.34. The third-order valence-electron chi connectivity index (χ3n) is 2.88. The van der Waals surface area contributed by atoms with Gasteiger partial charge in [-0.25, -0.2) is 9.18 Å². The monoisotopic (exact) mass is 285 g/mol. The van der Waals surface area contributed by atoms with Crippen molar-refractivity contribution < 1.29 is 24.2 Å². The van der Waals surface area contributed by atoms with E-state index in [2.05, 4.69) is 0 Å². The first-order valence-electron chi connectivity index (χ1n) is 5.61. The molecule has 0 radical (unpaired) electrons. The van der Waals surface area contributed by atoms with E-state index in [0.29, 0.717) is 5.75 Å². The maximum absolute atomic E-state index is 13.6. The molecule has 1 aliphatic rings. The number of amides is 1. The van der Waals surface area contributed by atoms with E-state index in [4.69, 9.17) is 5.11 Å². The van der Waals surface area contributed by atoms with Crippen LogP contribution in [0.3, 0.4) is 0 Å². The molecule has 1 saturated heterocycles. The predicted octanol–water partition coefficient (Wildman–Crippen LogP) is 1.17. The van der Waals surface area contributed by atoms with Gasteiger partial charge < -0.3 is 15.1 Å². The molecule has 0 aliphatic carbocycles. The van der Waals surface area contributed by atoms with Gasteiger partial charge in [-0.2, -0.15) is 11.8 Å². The van der Waals surface area contributed by atoms with Crippen molar-refractivity contribution in [3.63, 3.8) is 0 Å². The van der Waals surface area contributed by atoms with Gasteiger partial charge in [0.15, 0.2) is 0 Å². The number of carbonyl (C=O) groups excluding carboxylic acids is 1. The number of carboxylic acids is 1. The summed E-state index contributed by atoms with van der Waals surface area (Å²) in [5, 5.41) is 18.7. The number of nitrogens with zero attached hydrogens (tertiary/aromatic N) is 1. The molecule has 7 heteroatoms. The Bertz CT molecular complexity index is 502. The molecular weight excluding hydrogens is 273 g/mol. The van der Waals surface area contributed by atoms with E-state index >= 15 is 0 Å². The molecule has 1 amide bonds. The first kappa shape index (κ1) is 13.7. The molecule has 1 unspecified atom stereocenters. The van der Waals surface area contributed by atoms with Gasteiger partial charge in [0.25, 0.3) is 5.91 Å². The Hall–Kier alpha value is -1.76. The van der Waals surface area contributed by atoms with Crippen molar-refractivity contribution in [3.8, 4) is 5.75 Å². The van der Waals surface area contributed by atoms with E-state index in [-0.39, 0.29) is 12.3 Å². The molecule has 1 aromatic carbocycles. The molecule has 5 nitrogen and oxygen atoms in total. The molecule has 1 atom stereocenters. The van der Waals surface area contributed by atoms with E-state index < -0.39 is 35.0 Å². The van der Waals surface area contributed by atoms with E-state index in [1.807, 2.05) is 0 Å². The highest BCUT2D eigenvalue weighted by molar-refractivity contribution is 7.99. The van der Waals surface area contributed by atoms with Crippen LogP contribution < -0.4 is 0 Å². The zero-order chi connectivity index (χ0) is 14.0. The zero-order valence-electron chi connectivity index (χ0n) is 9.88. The lowest BCUT2D eigenvalue weighted by Crippen LogP contribution is -2.50. The molecular formula is C12H12FNO4S. The van der Waals surface area contributed by atoms with Crippen LogP contribution >= 0.6 is 11.8 Å². The second kappa shape index (κ2) is 5.48. The summed E-state index contributed by atoms with van der Waals surface area (Å²) >= 11 is 1.43. The Kier molecular flexibility index (Phi) is 3.94. The molecule has 1 fully saturated rings. The lowest BCUT2D eigenvalue weighted by atomic mass is 10.1. The van der Waals surface area contributed by atoms with Gasteiger partial charge >= 0.3 is 5.97 Å². The van der Waals surface area contributed by atoms with Crippen molar-refractivity contribution in [3.05, 3.63) is 29.6 Å². The summed E-state index contributed by atoms with van der Waals surface area (Å²) in [7, 11) is 0. The maximum atomic E-state index is 13.6. The van der Waals surface area contributed by atoms with Crippen LogP contribution in [0.1, 0.15) is 10.4 Å². The average Bonchev–Trinajstić information content (AvgIpc) is 2.38. The first-order valence-corrected chi connectivity index (χ1v) is 6.77. The summed E-state index contributed by atoms with van der Waals surface area (Å²) in [6, 6.07) is 2.54.